The molecule has 1 aromatic rings. The average Bonchev–Trinajstić information content (AvgIpc) is 2.81. The molecule has 2 amide bonds. The fraction of sp³-hybridized carbons (Fsp3) is 0.538. The van der Waals surface area contributed by atoms with E-state index in [4.69, 9.17) is 9.47 Å². The number of aryl methyl sites for hydroxylation is 1. The summed E-state index contributed by atoms with van der Waals surface area (Å²) in [6.45, 7) is 6.16. The molecule has 0 atom stereocenters. The van der Waals surface area contributed by atoms with Crippen LogP contribution in [-0.4, -0.2) is 49.8 Å². The van der Waals surface area contributed by atoms with Crippen molar-refractivity contribution in [3.8, 4) is 0 Å². The van der Waals surface area contributed by atoms with Gasteiger partial charge in [-0.3, -0.25) is 5.32 Å². The van der Waals surface area contributed by atoms with E-state index in [-0.39, 0.29) is 6.03 Å². The Kier molecular flexibility index (Phi) is 4.97. The first-order chi connectivity index (χ1) is 9.61. The lowest BCUT2D eigenvalue weighted by Crippen LogP contribution is -2.43. The van der Waals surface area contributed by atoms with Crippen molar-refractivity contribution in [3.63, 3.8) is 0 Å². The van der Waals surface area contributed by atoms with Crippen molar-refractivity contribution in [2.45, 2.75) is 13.8 Å². The predicted molar refractivity (Wildman–Crippen MR) is 76.4 cm³/mol. The molecule has 0 radical (unpaired) electrons. The molecule has 1 N–H and O–H groups in total. The van der Waals surface area contributed by atoms with Gasteiger partial charge >= 0.3 is 12.0 Å². The van der Waals surface area contributed by atoms with Crippen LogP contribution in [0.1, 0.15) is 22.2 Å². The average molecular weight is 298 g/mol. The van der Waals surface area contributed by atoms with Crippen LogP contribution in [0.2, 0.25) is 0 Å². The van der Waals surface area contributed by atoms with Crippen LogP contribution in [0.4, 0.5) is 9.80 Å². The van der Waals surface area contributed by atoms with Crippen molar-refractivity contribution in [3.05, 3.63) is 16.5 Å². The summed E-state index contributed by atoms with van der Waals surface area (Å²) in [5, 5.41) is 3.33. The first-order valence-electron chi connectivity index (χ1n) is 6.53. The van der Waals surface area contributed by atoms with Crippen LogP contribution < -0.4 is 5.32 Å². The van der Waals surface area contributed by atoms with Gasteiger partial charge < -0.3 is 14.4 Å². The number of thiophene rings is 1. The number of urea groups is 1. The Hall–Kier alpha value is -1.60. The van der Waals surface area contributed by atoms with E-state index < -0.39 is 5.97 Å². The first kappa shape index (κ1) is 14.8. The van der Waals surface area contributed by atoms with E-state index in [0.29, 0.717) is 43.5 Å². The lowest BCUT2D eigenvalue weighted by molar-refractivity contribution is 0.0527. The molecule has 1 saturated heterocycles. The zero-order chi connectivity index (χ0) is 14.5. The molecule has 1 aliphatic heterocycles. The topological polar surface area (TPSA) is 67.9 Å². The van der Waals surface area contributed by atoms with E-state index in [2.05, 4.69) is 5.32 Å². The summed E-state index contributed by atoms with van der Waals surface area (Å²) >= 11 is 1.37. The number of rotatable bonds is 3. The number of esters is 1. The molecule has 1 aromatic heterocycles. The second-order valence-electron chi connectivity index (χ2n) is 4.35. The quantitative estimate of drug-likeness (QED) is 0.868. The molecule has 7 heteroatoms. The van der Waals surface area contributed by atoms with Crippen LogP contribution in [0.15, 0.2) is 6.07 Å². The molecule has 1 fully saturated rings. The number of morpholine rings is 1. The fourth-order valence-corrected chi connectivity index (χ4v) is 2.80. The number of carbonyl (C=O) groups is 2. The molecule has 6 nitrogen and oxygen atoms in total. The summed E-state index contributed by atoms with van der Waals surface area (Å²) in [6.07, 6.45) is 0. The minimum atomic E-state index is -0.408. The van der Waals surface area contributed by atoms with E-state index in [1.807, 2.05) is 6.92 Å². The van der Waals surface area contributed by atoms with Crippen LogP contribution in [-0.2, 0) is 9.47 Å². The Morgan fingerprint density at radius 1 is 1.45 bits per heavy atom. The third-order valence-corrected chi connectivity index (χ3v) is 3.84. The summed E-state index contributed by atoms with van der Waals surface area (Å²) in [5.74, 6) is -0.408. The monoisotopic (exact) mass is 298 g/mol. The fourth-order valence-electron chi connectivity index (χ4n) is 1.91. The Morgan fingerprint density at radius 3 is 2.80 bits per heavy atom. The van der Waals surface area contributed by atoms with Crippen LogP contribution in [0.3, 0.4) is 0 Å². The summed E-state index contributed by atoms with van der Waals surface area (Å²) in [4.78, 5) is 26.6. The summed E-state index contributed by atoms with van der Waals surface area (Å²) in [5.41, 5.74) is 0.413. The Bertz CT molecular complexity index is 495. The number of amides is 2. The number of nitrogens with one attached hydrogen (secondary N) is 1. The van der Waals surface area contributed by atoms with Crippen LogP contribution in [0.25, 0.3) is 0 Å². The van der Waals surface area contributed by atoms with E-state index in [0.717, 1.165) is 4.88 Å². The van der Waals surface area contributed by atoms with Crippen molar-refractivity contribution >= 4 is 28.3 Å². The van der Waals surface area contributed by atoms with E-state index in [1.54, 1.807) is 17.9 Å². The lowest BCUT2D eigenvalue weighted by Gasteiger charge is -2.26. The van der Waals surface area contributed by atoms with Gasteiger partial charge in [-0.15, -0.1) is 11.3 Å². The van der Waals surface area contributed by atoms with Gasteiger partial charge in [0.2, 0.25) is 0 Å². The molecule has 0 aliphatic carbocycles. The lowest BCUT2D eigenvalue weighted by atomic mass is 10.3. The zero-order valence-corrected chi connectivity index (χ0v) is 12.4. The van der Waals surface area contributed by atoms with Crippen molar-refractivity contribution in [1.29, 1.82) is 0 Å². The second kappa shape index (κ2) is 6.71. The Morgan fingerprint density at radius 2 is 2.15 bits per heavy atom. The highest BCUT2D eigenvalue weighted by molar-refractivity contribution is 7.16. The molecule has 0 bridgehead atoms. The number of anilines is 1. The van der Waals surface area contributed by atoms with E-state index >= 15 is 0 Å². The van der Waals surface area contributed by atoms with Gasteiger partial charge in [-0.05, 0) is 19.9 Å². The molecule has 1 aliphatic rings. The van der Waals surface area contributed by atoms with Gasteiger partial charge in [-0.2, -0.15) is 0 Å². The normalized spacial score (nSPS) is 15.0. The van der Waals surface area contributed by atoms with Gasteiger partial charge in [0, 0.05) is 18.0 Å². The first-order valence-corrected chi connectivity index (χ1v) is 7.34. The SMILES string of the molecule is CCOC(=O)c1cc(C)sc1NC(=O)N1CCOCC1. The molecular formula is C13H18N2O4S. The number of hydrogen-bond acceptors (Lipinski definition) is 5. The van der Waals surface area contributed by atoms with Crippen molar-refractivity contribution < 1.29 is 19.1 Å². The van der Waals surface area contributed by atoms with Gasteiger partial charge in [-0.25, -0.2) is 9.59 Å². The molecule has 20 heavy (non-hydrogen) atoms. The maximum atomic E-state index is 12.1. The summed E-state index contributed by atoms with van der Waals surface area (Å²) in [6, 6.07) is 1.53. The van der Waals surface area contributed by atoms with Gasteiger partial charge in [0.25, 0.3) is 0 Å². The number of carbonyl (C=O) groups excluding carboxylic acids is 2. The van der Waals surface area contributed by atoms with Crippen molar-refractivity contribution in [1.82, 2.24) is 4.90 Å². The van der Waals surface area contributed by atoms with Gasteiger partial charge in [0.05, 0.1) is 25.4 Å². The largest absolute Gasteiger partial charge is 0.462 e. The standard InChI is InChI=1S/C13H18N2O4S/c1-3-19-12(16)10-8-9(2)20-11(10)14-13(17)15-4-6-18-7-5-15/h8H,3-7H2,1-2H3,(H,14,17). The third-order valence-electron chi connectivity index (χ3n) is 2.87. The molecule has 0 spiro atoms. The van der Waals surface area contributed by atoms with Gasteiger partial charge in [0.1, 0.15) is 5.00 Å². The molecule has 0 unspecified atom stereocenters. The summed E-state index contributed by atoms with van der Waals surface area (Å²) < 4.78 is 10.2. The maximum Gasteiger partial charge on any atom is 0.341 e. The highest BCUT2D eigenvalue weighted by atomic mass is 32.1. The molecular weight excluding hydrogens is 280 g/mol. The molecule has 2 heterocycles. The van der Waals surface area contributed by atoms with Gasteiger partial charge in [-0.1, -0.05) is 0 Å². The Balaban J connectivity index is 2.08. The highest BCUT2D eigenvalue weighted by Crippen LogP contribution is 2.28. The van der Waals surface area contributed by atoms with Gasteiger partial charge in [0.15, 0.2) is 0 Å². The minimum absolute atomic E-state index is 0.208. The van der Waals surface area contributed by atoms with Crippen LogP contribution in [0, 0.1) is 6.92 Å². The smallest absolute Gasteiger partial charge is 0.341 e. The number of hydrogen-bond donors (Lipinski definition) is 1. The molecule has 110 valence electrons. The highest BCUT2D eigenvalue weighted by Gasteiger charge is 2.21. The number of nitrogens with zero attached hydrogens (tertiary/aromatic N) is 1. The van der Waals surface area contributed by atoms with Crippen molar-refractivity contribution in [2.24, 2.45) is 0 Å². The van der Waals surface area contributed by atoms with Crippen LogP contribution in [0.5, 0.6) is 0 Å². The zero-order valence-electron chi connectivity index (χ0n) is 11.6. The minimum Gasteiger partial charge on any atom is -0.462 e. The third kappa shape index (κ3) is 3.49. The van der Waals surface area contributed by atoms with Crippen molar-refractivity contribution in [2.75, 3.05) is 38.2 Å². The molecule has 0 saturated carbocycles. The predicted octanol–water partition coefficient (Wildman–Crippen LogP) is 2.10. The Labute approximate surface area is 121 Å². The van der Waals surface area contributed by atoms with E-state index in [9.17, 15) is 9.59 Å². The van der Waals surface area contributed by atoms with Crippen LogP contribution >= 0.6 is 11.3 Å². The maximum absolute atomic E-state index is 12.1. The molecule has 2 rings (SSSR count). The second-order valence-corrected chi connectivity index (χ2v) is 5.61. The molecule has 0 aromatic carbocycles. The van der Waals surface area contributed by atoms with E-state index in [1.165, 1.54) is 11.3 Å². The summed E-state index contributed by atoms with van der Waals surface area (Å²) in [7, 11) is 0. The number of ether oxygens (including phenoxy) is 2.